The second-order valence-electron chi connectivity index (χ2n) is 4.45. The summed E-state index contributed by atoms with van der Waals surface area (Å²) >= 11 is 3.29. The van der Waals surface area contributed by atoms with Crippen molar-refractivity contribution in [2.24, 2.45) is 5.73 Å². The number of carbonyl (C=O) groups is 1. The van der Waals surface area contributed by atoms with Crippen LogP contribution in [0, 0.1) is 0 Å². The minimum atomic E-state index is -3.64. The Kier molecular flexibility index (Phi) is 4.38. The number of carbonyl (C=O) groups excluding carboxylic acids is 1. The number of hydrogen-bond acceptors (Lipinski definition) is 3. The van der Waals surface area contributed by atoms with Gasteiger partial charge in [0.2, 0.25) is 5.91 Å². The number of alkyl halides is 2. The van der Waals surface area contributed by atoms with E-state index in [-0.39, 0.29) is 5.56 Å². The van der Waals surface area contributed by atoms with Gasteiger partial charge in [-0.15, -0.1) is 0 Å². The zero-order valence-corrected chi connectivity index (χ0v) is 12.3. The molecule has 0 saturated carbocycles. The molecule has 0 fully saturated rings. The van der Waals surface area contributed by atoms with Crippen LogP contribution in [0.4, 0.5) is 8.78 Å². The molecule has 5 nitrogen and oxygen atoms in total. The summed E-state index contributed by atoms with van der Waals surface area (Å²) in [5.74, 6) is -6.79. The molecule has 3 N–H and O–H groups in total. The molecule has 1 aromatic carbocycles. The molecule has 21 heavy (non-hydrogen) atoms. The predicted molar refractivity (Wildman–Crippen MR) is 75.2 cm³/mol. The van der Waals surface area contributed by atoms with Crippen molar-refractivity contribution in [2.75, 3.05) is 6.61 Å². The minimum Gasteiger partial charge on any atom is -0.390 e. The number of aromatic nitrogens is 2. The molecule has 0 spiro atoms. The summed E-state index contributed by atoms with van der Waals surface area (Å²) in [7, 11) is 0. The summed E-state index contributed by atoms with van der Waals surface area (Å²) in [5.41, 5.74) is 5.60. The first-order valence-electron chi connectivity index (χ1n) is 5.93. The largest absolute Gasteiger partial charge is 0.390 e. The second kappa shape index (κ2) is 5.90. The van der Waals surface area contributed by atoms with Gasteiger partial charge in [0.1, 0.15) is 12.5 Å². The molecule has 1 heterocycles. The number of nitrogens with two attached hydrogens (primary N) is 1. The number of aliphatic hydroxyl groups excluding tert-OH is 1. The standard InChI is InChI=1S/C13H12BrF2N3O2/c14-9-2-1-3-10(4-9)19-6-8(5-18-19)11(12(17)21)13(15,16)7-20/h1-6,11,20H,7H2,(H2,17,21). The van der Waals surface area contributed by atoms with Gasteiger partial charge in [-0.05, 0) is 18.2 Å². The smallest absolute Gasteiger partial charge is 0.286 e. The highest BCUT2D eigenvalue weighted by Crippen LogP contribution is 2.33. The van der Waals surface area contributed by atoms with Crippen molar-refractivity contribution in [1.82, 2.24) is 9.78 Å². The van der Waals surface area contributed by atoms with Gasteiger partial charge < -0.3 is 10.8 Å². The van der Waals surface area contributed by atoms with Crippen molar-refractivity contribution >= 4 is 21.8 Å². The maximum atomic E-state index is 13.6. The summed E-state index contributed by atoms with van der Waals surface area (Å²) in [6.07, 6.45) is 2.43. The van der Waals surface area contributed by atoms with E-state index in [1.807, 2.05) is 0 Å². The van der Waals surface area contributed by atoms with E-state index in [0.29, 0.717) is 5.69 Å². The van der Waals surface area contributed by atoms with Crippen molar-refractivity contribution in [3.05, 3.63) is 46.7 Å². The highest BCUT2D eigenvalue weighted by atomic mass is 79.9. The first-order valence-corrected chi connectivity index (χ1v) is 6.73. The van der Waals surface area contributed by atoms with Crippen LogP contribution < -0.4 is 5.73 Å². The molecule has 1 atom stereocenters. The fraction of sp³-hybridized carbons (Fsp3) is 0.231. The molecule has 0 aliphatic heterocycles. The molecule has 8 heteroatoms. The Labute approximate surface area is 127 Å². The van der Waals surface area contributed by atoms with Crippen LogP contribution in [0.3, 0.4) is 0 Å². The van der Waals surface area contributed by atoms with Crippen LogP contribution in [0.15, 0.2) is 41.1 Å². The Morgan fingerprint density at radius 1 is 1.52 bits per heavy atom. The van der Waals surface area contributed by atoms with Crippen LogP contribution in [0.5, 0.6) is 0 Å². The van der Waals surface area contributed by atoms with Gasteiger partial charge in [0.25, 0.3) is 5.92 Å². The van der Waals surface area contributed by atoms with Crippen LogP contribution >= 0.6 is 15.9 Å². The van der Waals surface area contributed by atoms with E-state index in [2.05, 4.69) is 21.0 Å². The van der Waals surface area contributed by atoms with E-state index in [0.717, 1.165) is 10.7 Å². The average Bonchev–Trinajstić information content (AvgIpc) is 2.87. The van der Waals surface area contributed by atoms with Crippen LogP contribution in [0.2, 0.25) is 0 Å². The number of halogens is 3. The van der Waals surface area contributed by atoms with Crippen LogP contribution in [0.1, 0.15) is 11.5 Å². The van der Waals surface area contributed by atoms with Crippen molar-refractivity contribution in [3.8, 4) is 5.69 Å². The molecule has 0 radical (unpaired) electrons. The lowest BCUT2D eigenvalue weighted by molar-refractivity contribution is -0.133. The number of benzene rings is 1. The van der Waals surface area contributed by atoms with Gasteiger partial charge in [-0.3, -0.25) is 4.79 Å². The zero-order valence-electron chi connectivity index (χ0n) is 10.7. The molecule has 2 aromatic rings. The SMILES string of the molecule is NC(=O)C(c1cnn(-c2cccc(Br)c2)c1)C(F)(F)CO. The fourth-order valence-electron chi connectivity index (χ4n) is 1.95. The van der Waals surface area contributed by atoms with Crippen molar-refractivity contribution in [3.63, 3.8) is 0 Å². The Hall–Kier alpha value is -1.80. The van der Waals surface area contributed by atoms with Crippen LogP contribution in [0.25, 0.3) is 5.69 Å². The van der Waals surface area contributed by atoms with E-state index in [9.17, 15) is 13.6 Å². The maximum Gasteiger partial charge on any atom is 0.286 e. The molecule has 0 aliphatic carbocycles. The van der Waals surface area contributed by atoms with Crippen molar-refractivity contribution in [2.45, 2.75) is 11.8 Å². The summed E-state index contributed by atoms with van der Waals surface area (Å²) < 4.78 is 29.4. The van der Waals surface area contributed by atoms with Crippen LogP contribution in [-0.2, 0) is 4.79 Å². The lowest BCUT2D eigenvalue weighted by Crippen LogP contribution is -2.39. The molecule has 1 aromatic heterocycles. The molecule has 0 saturated heterocycles. The monoisotopic (exact) mass is 359 g/mol. The molecule has 0 bridgehead atoms. The van der Waals surface area contributed by atoms with Gasteiger partial charge in [0.05, 0.1) is 11.9 Å². The topological polar surface area (TPSA) is 81.1 Å². The Bertz CT molecular complexity index is 660. The second-order valence-corrected chi connectivity index (χ2v) is 5.37. The van der Waals surface area contributed by atoms with E-state index in [1.165, 1.54) is 10.9 Å². The number of rotatable bonds is 5. The van der Waals surface area contributed by atoms with Gasteiger partial charge in [0.15, 0.2) is 0 Å². The van der Waals surface area contributed by atoms with Gasteiger partial charge in [0, 0.05) is 16.2 Å². The summed E-state index contributed by atoms with van der Waals surface area (Å²) in [6, 6.07) is 7.03. The Morgan fingerprint density at radius 3 is 2.81 bits per heavy atom. The molecule has 2 rings (SSSR count). The molecule has 0 aliphatic rings. The van der Waals surface area contributed by atoms with E-state index in [1.54, 1.807) is 24.3 Å². The summed E-state index contributed by atoms with van der Waals surface area (Å²) in [6.45, 7) is -1.47. The molecular formula is C13H12BrF2N3O2. The molecule has 1 unspecified atom stereocenters. The first-order chi connectivity index (χ1) is 9.85. The average molecular weight is 360 g/mol. The Balaban J connectivity index is 2.40. The summed E-state index contributed by atoms with van der Waals surface area (Å²) in [4.78, 5) is 11.3. The van der Waals surface area contributed by atoms with Crippen molar-refractivity contribution in [1.29, 1.82) is 0 Å². The maximum absolute atomic E-state index is 13.6. The summed E-state index contributed by atoms with van der Waals surface area (Å²) in [5, 5.41) is 12.7. The Morgan fingerprint density at radius 2 is 2.24 bits per heavy atom. The van der Waals surface area contributed by atoms with E-state index >= 15 is 0 Å². The highest BCUT2D eigenvalue weighted by molar-refractivity contribution is 9.10. The normalized spacial score (nSPS) is 13.1. The quantitative estimate of drug-likeness (QED) is 0.854. The first kappa shape index (κ1) is 15.6. The third-order valence-corrected chi connectivity index (χ3v) is 3.42. The van der Waals surface area contributed by atoms with Gasteiger partial charge in [-0.2, -0.15) is 5.10 Å². The zero-order chi connectivity index (χ0) is 15.6. The molecular weight excluding hydrogens is 348 g/mol. The number of nitrogens with zero attached hydrogens (tertiary/aromatic N) is 2. The van der Waals surface area contributed by atoms with Crippen LogP contribution in [-0.4, -0.2) is 33.3 Å². The number of aliphatic hydroxyl groups is 1. The predicted octanol–water partition coefficient (Wildman–Crippen LogP) is 1.83. The lowest BCUT2D eigenvalue weighted by atomic mass is 9.95. The van der Waals surface area contributed by atoms with E-state index in [4.69, 9.17) is 10.8 Å². The van der Waals surface area contributed by atoms with Gasteiger partial charge in [-0.1, -0.05) is 22.0 Å². The molecule has 112 valence electrons. The highest BCUT2D eigenvalue weighted by Gasteiger charge is 2.44. The third-order valence-electron chi connectivity index (χ3n) is 2.93. The lowest BCUT2D eigenvalue weighted by Gasteiger charge is -2.21. The third kappa shape index (κ3) is 3.27. The van der Waals surface area contributed by atoms with Gasteiger partial charge >= 0.3 is 0 Å². The number of primary amides is 1. The molecule has 1 amide bonds. The number of hydrogen-bond donors (Lipinski definition) is 2. The number of amides is 1. The van der Waals surface area contributed by atoms with Gasteiger partial charge in [-0.25, -0.2) is 13.5 Å². The van der Waals surface area contributed by atoms with E-state index < -0.39 is 24.4 Å². The fourth-order valence-corrected chi connectivity index (χ4v) is 2.34. The van der Waals surface area contributed by atoms with Crippen molar-refractivity contribution < 1.29 is 18.7 Å². The minimum absolute atomic E-state index is 0.0541.